The van der Waals surface area contributed by atoms with E-state index in [0.29, 0.717) is 13.0 Å². The summed E-state index contributed by atoms with van der Waals surface area (Å²) in [4.78, 5) is 34.7. The highest BCUT2D eigenvalue weighted by Gasteiger charge is 2.43. The Morgan fingerprint density at radius 3 is 2.89 bits per heavy atom. The van der Waals surface area contributed by atoms with Crippen LogP contribution in [0.15, 0.2) is 53.9 Å². The van der Waals surface area contributed by atoms with E-state index in [4.69, 9.17) is 0 Å². The number of nitrogens with one attached hydrogen (secondary N) is 1. The van der Waals surface area contributed by atoms with Crippen molar-refractivity contribution in [2.24, 2.45) is 5.10 Å². The lowest BCUT2D eigenvalue weighted by Crippen LogP contribution is -2.60. The Morgan fingerprint density at radius 2 is 2.04 bits per heavy atom. The smallest absolute Gasteiger partial charge is 0.266 e. The van der Waals surface area contributed by atoms with Crippen LogP contribution in [0.5, 0.6) is 0 Å². The van der Waals surface area contributed by atoms with Gasteiger partial charge in [-0.05, 0) is 17.7 Å². The largest absolute Gasteiger partial charge is 0.357 e. The number of amides is 2. The zero-order chi connectivity index (χ0) is 18.4. The molecule has 1 saturated heterocycles. The van der Waals surface area contributed by atoms with E-state index >= 15 is 0 Å². The van der Waals surface area contributed by atoms with Crippen molar-refractivity contribution in [3.63, 3.8) is 0 Å². The van der Waals surface area contributed by atoms with Gasteiger partial charge in [-0.1, -0.05) is 24.3 Å². The maximum Gasteiger partial charge on any atom is 0.266 e. The molecule has 2 amide bonds. The van der Waals surface area contributed by atoms with Crippen molar-refractivity contribution in [3.05, 3.63) is 65.6 Å². The Bertz CT molecular complexity index is 1070. The third kappa shape index (κ3) is 2.59. The number of para-hydroxylation sites is 1. The first-order valence-corrected chi connectivity index (χ1v) is 8.84. The van der Waals surface area contributed by atoms with Gasteiger partial charge in [0.1, 0.15) is 12.6 Å². The fraction of sp³-hybridized carbons (Fsp3) is 0.200. The third-order valence-corrected chi connectivity index (χ3v) is 5.18. The molecule has 0 aliphatic carbocycles. The minimum Gasteiger partial charge on any atom is -0.357 e. The van der Waals surface area contributed by atoms with E-state index in [-0.39, 0.29) is 18.4 Å². The van der Waals surface area contributed by atoms with Crippen molar-refractivity contribution < 1.29 is 9.59 Å². The molecule has 27 heavy (non-hydrogen) atoms. The number of H-pyrrole nitrogens is 1. The van der Waals surface area contributed by atoms with Crippen molar-refractivity contribution in [2.75, 3.05) is 6.54 Å². The van der Waals surface area contributed by atoms with E-state index in [9.17, 15) is 9.59 Å². The van der Waals surface area contributed by atoms with Crippen LogP contribution < -0.4 is 0 Å². The number of nitrogens with zero attached hydrogens (tertiary/aromatic N) is 4. The zero-order valence-corrected chi connectivity index (χ0v) is 14.5. The molecule has 0 saturated carbocycles. The molecular weight excluding hydrogens is 342 g/mol. The second kappa shape index (κ2) is 6.05. The van der Waals surface area contributed by atoms with Gasteiger partial charge >= 0.3 is 0 Å². The topological polar surface area (TPSA) is 81.7 Å². The average molecular weight is 359 g/mol. The molecule has 134 valence electrons. The number of aromatic nitrogens is 2. The summed E-state index contributed by atoms with van der Waals surface area (Å²) in [6.07, 6.45) is 5.40. The maximum atomic E-state index is 13.0. The number of pyridine rings is 1. The number of aromatic amines is 1. The minimum absolute atomic E-state index is 0.0400. The van der Waals surface area contributed by atoms with Crippen LogP contribution in [0.2, 0.25) is 0 Å². The average Bonchev–Trinajstić information content (AvgIpc) is 3.07. The second-order valence-corrected chi connectivity index (χ2v) is 6.80. The standard InChI is InChI=1S/C20H17N5O2/c26-19-12-25(22-10-13-4-3-7-21-9-13)20(27)18-8-15-14-5-1-2-6-16(14)23-17(15)11-24(18)19/h1-7,9-10,18,23H,8,11-12H2/b22-10-/t18-/m1/s1. The molecule has 0 spiro atoms. The first kappa shape index (κ1) is 15.7. The fourth-order valence-corrected chi connectivity index (χ4v) is 3.85. The van der Waals surface area contributed by atoms with E-state index in [1.807, 2.05) is 30.3 Å². The lowest BCUT2D eigenvalue weighted by Gasteiger charge is -2.40. The lowest BCUT2D eigenvalue weighted by molar-refractivity contribution is -0.157. The summed E-state index contributed by atoms with van der Waals surface area (Å²) in [5.41, 5.74) is 3.95. The van der Waals surface area contributed by atoms with Crippen molar-refractivity contribution >= 4 is 28.9 Å². The predicted molar refractivity (Wildman–Crippen MR) is 99.9 cm³/mol. The van der Waals surface area contributed by atoms with E-state index in [0.717, 1.165) is 27.7 Å². The lowest BCUT2D eigenvalue weighted by atomic mass is 9.94. The van der Waals surface area contributed by atoms with Crippen LogP contribution >= 0.6 is 0 Å². The Labute approximate surface area is 155 Å². The highest BCUT2D eigenvalue weighted by molar-refractivity contribution is 5.97. The van der Waals surface area contributed by atoms with Crippen LogP contribution in [0.25, 0.3) is 10.9 Å². The van der Waals surface area contributed by atoms with Gasteiger partial charge in [-0.3, -0.25) is 14.6 Å². The molecule has 3 aromatic rings. The van der Waals surface area contributed by atoms with Crippen molar-refractivity contribution in [1.82, 2.24) is 19.9 Å². The summed E-state index contributed by atoms with van der Waals surface area (Å²) in [5, 5.41) is 6.63. The number of fused-ring (bicyclic) bond motifs is 4. The van der Waals surface area contributed by atoms with Crippen LogP contribution in [0.3, 0.4) is 0 Å². The molecule has 7 heteroatoms. The summed E-state index contributed by atoms with van der Waals surface area (Å²) in [6.45, 7) is 0.390. The number of carbonyl (C=O) groups excluding carboxylic acids is 2. The number of benzene rings is 1. The van der Waals surface area contributed by atoms with Crippen LogP contribution in [-0.2, 0) is 22.6 Å². The summed E-state index contributed by atoms with van der Waals surface area (Å²) in [5.74, 6) is -0.238. The van der Waals surface area contributed by atoms with Gasteiger partial charge in [0.15, 0.2) is 0 Å². The van der Waals surface area contributed by atoms with Crippen LogP contribution in [0.4, 0.5) is 0 Å². The molecule has 2 aromatic heterocycles. The number of hydrogen-bond donors (Lipinski definition) is 1. The van der Waals surface area contributed by atoms with Crippen LogP contribution in [-0.4, -0.2) is 50.5 Å². The van der Waals surface area contributed by atoms with Gasteiger partial charge in [0, 0.05) is 41.0 Å². The normalized spacial score (nSPS) is 19.6. The van der Waals surface area contributed by atoms with Gasteiger partial charge in [0.25, 0.3) is 5.91 Å². The molecular formula is C20H17N5O2. The summed E-state index contributed by atoms with van der Waals surface area (Å²) in [6, 6.07) is 11.2. The molecule has 5 rings (SSSR count). The van der Waals surface area contributed by atoms with Crippen LogP contribution in [0, 0.1) is 0 Å². The second-order valence-electron chi connectivity index (χ2n) is 6.80. The molecule has 2 aliphatic heterocycles. The maximum absolute atomic E-state index is 13.0. The van der Waals surface area contributed by atoms with Crippen molar-refractivity contribution in [3.8, 4) is 0 Å². The highest BCUT2D eigenvalue weighted by Crippen LogP contribution is 2.32. The van der Waals surface area contributed by atoms with Gasteiger partial charge in [-0.2, -0.15) is 5.10 Å². The monoisotopic (exact) mass is 359 g/mol. The van der Waals surface area contributed by atoms with E-state index < -0.39 is 6.04 Å². The number of piperazine rings is 1. The molecule has 1 N–H and O–H groups in total. The summed E-state index contributed by atoms with van der Waals surface area (Å²) >= 11 is 0. The summed E-state index contributed by atoms with van der Waals surface area (Å²) < 4.78 is 0. The van der Waals surface area contributed by atoms with Crippen molar-refractivity contribution in [2.45, 2.75) is 19.0 Å². The molecule has 2 aliphatic rings. The van der Waals surface area contributed by atoms with E-state index in [2.05, 4.69) is 15.1 Å². The van der Waals surface area contributed by atoms with Gasteiger partial charge in [0.05, 0.1) is 12.8 Å². The van der Waals surface area contributed by atoms with Gasteiger partial charge in [-0.25, -0.2) is 5.01 Å². The molecule has 4 heterocycles. The minimum atomic E-state index is -0.510. The molecule has 0 bridgehead atoms. The SMILES string of the molecule is O=C1[C@H]2Cc3c([nH]c4ccccc34)CN2C(=O)CN1/N=C\c1cccnc1. The molecule has 0 radical (unpaired) electrons. The van der Waals surface area contributed by atoms with Crippen LogP contribution in [0.1, 0.15) is 16.8 Å². The van der Waals surface area contributed by atoms with E-state index in [1.165, 1.54) is 5.01 Å². The zero-order valence-electron chi connectivity index (χ0n) is 14.5. The number of hydrogen-bond acceptors (Lipinski definition) is 4. The third-order valence-electron chi connectivity index (χ3n) is 5.18. The first-order chi connectivity index (χ1) is 13.2. The Kier molecular flexibility index (Phi) is 3.53. The molecule has 1 aromatic carbocycles. The van der Waals surface area contributed by atoms with Crippen molar-refractivity contribution in [1.29, 1.82) is 0 Å². The Morgan fingerprint density at radius 1 is 1.15 bits per heavy atom. The first-order valence-electron chi connectivity index (χ1n) is 8.84. The molecule has 1 fully saturated rings. The van der Waals surface area contributed by atoms with E-state index in [1.54, 1.807) is 29.6 Å². The Balaban J connectivity index is 1.46. The predicted octanol–water partition coefficient (Wildman–Crippen LogP) is 1.69. The highest BCUT2D eigenvalue weighted by atomic mass is 16.2. The molecule has 7 nitrogen and oxygen atoms in total. The number of hydrazone groups is 1. The molecule has 1 atom stereocenters. The fourth-order valence-electron chi connectivity index (χ4n) is 3.85. The Hall–Kier alpha value is -3.48. The van der Waals surface area contributed by atoms with Gasteiger partial charge in [0.2, 0.25) is 5.91 Å². The quantitative estimate of drug-likeness (QED) is 0.707. The number of rotatable bonds is 2. The van der Waals surface area contributed by atoms with Gasteiger partial charge < -0.3 is 9.88 Å². The molecule has 0 unspecified atom stereocenters. The number of carbonyl (C=O) groups is 2. The van der Waals surface area contributed by atoms with Gasteiger partial charge in [-0.15, -0.1) is 0 Å². The summed E-state index contributed by atoms with van der Waals surface area (Å²) in [7, 11) is 0.